The first-order valence-corrected chi connectivity index (χ1v) is 8.27. The fraction of sp³-hybridized carbons (Fsp3) is 0.312. The Morgan fingerprint density at radius 2 is 2.00 bits per heavy atom. The molecule has 0 atom stereocenters. The van der Waals surface area contributed by atoms with E-state index in [4.69, 9.17) is 9.47 Å². The highest BCUT2D eigenvalue weighted by atomic mass is 32.2. The third-order valence-corrected chi connectivity index (χ3v) is 4.11. The molecular weight excluding hydrogens is 334 g/mol. The van der Waals surface area contributed by atoms with Crippen molar-refractivity contribution in [2.75, 3.05) is 25.5 Å². The largest absolute Gasteiger partial charge is 0.508 e. The van der Waals surface area contributed by atoms with E-state index in [1.807, 2.05) is 0 Å². The third-order valence-electron chi connectivity index (χ3n) is 3.09. The summed E-state index contributed by atoms with van der Waals surface area (Å²) in [6.45, 7) is 2.10. The van der Waals surface area contributed by atoms with E-state index in [9.17, 15) is 19.5 Å². The van der Waals surface area contributed by atoms with Crippen molar-refractivity contribution in [3.63, 3.8) is 0 Å². The Labute approximate surface area is 143 Å². The molecular formula is C16H17NO6S. The molecule has 0 radical (unpaired) electrons. The number of esters is 2. The fourth-order valence-electron chi connectivity index (χ4n) is 1.96. The molecule has 8 heteroatoms. The van der Waals surface area contributed by atoms with E-state index in [0.29, 0.717) is 10.6 Å². The molecule has 1 saturated heterocycles. The van der Waals surface area contributed by atoms with Gasteiger partial charge in [-0.3, -0.25) is 4.79 Å². The Hall–Kier alpha value is -2.48. The van der Waals surface area contributed by atoms with Crippen molar-refractivity contribution in [2.24, 2.45) is 0 Å². The Morgan fingerprint density at radius 1 is 1.29 bits per heavy atom. The second-order valence-electron chi connectivity index (χ2n) is 4.75. The molecule has 0 spiro atoms. The molecule has 0 bridgehead atoms. The first-order valence-electron chi connectivity index (χ1n) is 7.29. The van der Waals surface area contributed by atoms with Crippen molar-refractivity contribution in [1.29, 1.82) is 0 Å². The van der Waals surface area contributed by atoms with Crippen LogP contribution < -0.4 is 0 Å². The number of phenolic OH excluding ortho intramolecular Hbond substituents is 1. The Bertz CT molecular complexity index is 655. The average molecular weight is 351 g/mol. The third kappa shape index (κ3) is 4.76. The number of carbonyl (C=O) groups excluding carboxylic acids is 3. The molecule has 0 unspecified atom stereocenters. The van der Waals surface area contributed by atoms with E-state index in [2.05, 4.69) is 0 Å². The van der Waals surface area contributed by atoms with Gasteiger partial charge in [-0.25, -0.2) is 9.59 Å². The second kappa shape index (κ2) is 8.39. The molecule has 1 aliphatic heterocycles. The highest BCUT2D eigenvalue weighted by molar-refractivity contribution is 8.04. The van der Waals surface area contributed by atoms with Crippen molar-refractivity contribution in [2.45, 2.75) is 6.92 Å². The summed E-state index contributed by atoms with van der Waals surface area (Å²) in [7, 11) is 0. The smallest absolute Gasteiger partial charge is 0.338 e. The maximum atomic E-state index is 11.9. The van der Waals surface area contributed by atoms with Gasteiger partial charge in [0.05, 0.1) is 35.6 Å². The molecule has 1 fully saturated rings. The van der Waals surface area contributed by atoms with Gasteiger partial charge in [-0.2, -0.15) is 0 Å². The number of hydrogen-bond acceptors (Lipinski definition) is 7. The lowest BCUT2D eigenvalue weighted by molar-refractivity contribution is -0.137. The molecule has 2 rings (SSSR count). The monoisotopic (exact) mass is 351 g/mol. The number of ether oxygens (including phenoxy) is 2. The van der Waals surface area contributed by atoms with Gasteiger partial charge in [0.2, 0.25) is 5.91 Å². The van der Waals surface area contributed by atoms with Gasteiger partial charge >= 0.3 is 11.9 Å². The van der Waals surface area contributed by atoms with Crippen LogP contribution in [0.2, 0.25) is 0 Å². The van der Waals surface area contributed by atoms with Gasteiger partial charge in [0.1, 0.15) is 12.4 Å². The molecule has 0 saturated carbocycles. The molecule has 1 aromatic rings. The van der Waals surface area contributed by atoms with Crippen molar-refractivity contribution < 1.29 is 29.0 Å². The Kier molecular flexibility index (Phi) is 6.25. The number of thioether (sulfide) groups is 1. The molecule has 1 heterocycles. The molecule has 1 aromatic carbocycles. The molecule has 1 amide bonds. The van der Waals surface area contributed by atoms with Crippen LogP contribution in [0.25, 0.3) is 0 Å². The normalized spacial score (nSPS) is 15.6. The average Bonchev–Trinajstić information content (AvgIpc) is 2.88. The summed E-state index contributed by atoms with van der Waals surface area (Å²) in [5.74, 6) is -0.931. The number of rotatable bonds is 6. The van der Waals surface area contributed by atoms with E-state index in [0.717, 1.165) is 0 Å². The van der Waals surface area contributed by atoms with E-state index in [1.54, 1.807) is 6.92 Å². The van der Waals surface area contributed by atoms with Crippen LogP contribution in [-0.4, -0.2) is 53.4 Å². The lowest BCUT2D eigenvalue weighted by atomic mass is 10.2. The van der Waals surface area contributed by atoms with Crippen LogP contribution in [-0.2, 0) is 19.1 Å². The van der Waals surface area contributed by atoms with E-state index in [-0.39, 0.29) is 37.2 Å². The summed E-state index contributed by atoms with van der Waals surface area (Å²) in [5, 5.41) is 9.67. The van der Waals surface area contributed by atoms with Gasteiger partial charge in [0, 0.05) is 0 Å². The summed E-state index contributed by atoms with van der Waals surface area (Å²) in [4.78, 5) is 36.6. The van der Waals surface area contributed by atoms with Gasteiger partial charge in [-0.1, -0.05) is 11.8 Å². The van der Waals surface area contributed by atoms with Crippen LogP contribution in [0.15, 0.2) is 35.4 Å². The van der Waals surface area contributed by atoms with E-state index in [1.165, 1.54) is 47.0 Å². The first kappa shape index (κ1) is 17.9. The summed E-state index contributed by atoms with van der Waals surface area (Å²) >= 11 is 1.24. The minimum atomic E-state index is -0.551. The van der Waals surface area contributed by atoms with Crippen LogP contribution in [0.4, 0.5) is 0 Å². The molecule has 1 N–H and O–H groups in total. The van der Waals surface area contributed by atoms with Gasteiger partial charge in [-0.05, 0) is 31.2 Å². The molecule has 24 heavy (non-hydrogen) atoms. The molecule has 0 aliphatic carbocycles. The van der Waals surface area contributed by atoms with Crippen LogP contribution >= 0.6 is 11.8 Å². The molecule has 0 aromatic heterocycles. The van der Waals surface area contributed by atoms with Crippen molar-refractivity contribution in [3.8, 4) is 5.75 Å². The number of benzene rings is 1. The number of phenols is 1. The standard InChI is InChI=1S/C16H17NO6S/c1-2-22-15(20)9-14-17(13(19)10-24-14)7-8-23-16(21)11-3-5-12(18)6-4-11/h3-6,9,18H,2,7-8,10H2,1H3/b14-9-. The van der Waals surface area contributed by atoms with Gasteiger partial charge in [0.25, 0.3) is 0 Å². The maximum absolute atomic E-state index is 11.9. The Morgan fingerprint density at radius 3 is 2.67 bits per heavy atom. The van der Waals surface area contributed by atoms with Gasteiger partial charge in [0.15, 0.2) is 0 Å². The summed E-state index contributed by atoms with van der Waals surface area (Å²) < 4.78 is 9.94. The quantitative estimate of drug-likeness (QED) is 0.613. The number of amides is 1. The van der Waals surface area contributed by atoms with Crippen LogP contribution in [0.5, 0.6) is 5.75 Å². The Balaban J connectivity index is 1.89. The minimum Gasteiger partial charge on any atom is -0.508 e. The zero-order valence-electron chi connectivity index (χ0n) is 13.1. The second-order valence-corrected chi connectivity index (χ2v) is 5.75. The lowest BCUT2D eigenvalue weighted by Gasteiger charge is -2.16. The fourth-order valence-corrected chi connectivity index (χ4v) is 2.92. The summed E-state index contributed by atoms with van der Waals surface area (Å²) in [5.41, 5.74) is 0.303. The van der Waals surface area contributed by atoms with Gasteiger partial charge < -0.3 is 19.5 Å². The minimum absolute atomic E-state index is 0.00776. The number of aromatic hydroxyl groups is 1. The highest BCUT2D eigenvalue weighted by Crippen LogP contribution is 2.28. The predicted octanol–water partition coefficient (Wildman–Crippen LogP) is 1.53. The number of nitrogens with zero attached hydrogens (tertiary/aromatic N) is 1. The molecule has 1 aliphatic rings. The van der Waals surface area contributed by atoms with E-state index < -0.39 is 11.9 Å². The molecule has 128 valence electrons. The molecule has 7 nitrogen and oxygen atoms in total. The topological polar surface area (TPSA) is 93.1 Å². The predicted molar refractivity (Wildman–Crippen MR) is 87.3 cm³/mol. The lowest BCUT2D eigenvalue weighted by Crippen LogP contribution is -2.29. The van der Waals surface area contributed by atoms with Crippen molar-refractivity contribution in [3.05, 3.63) is 40.9 Å². The number of hydrogen-bond donors (Lipinski definition) is 1. The van der Waals surface area contributed by atoms with Crippen molar-refractivity contribution >= 4 is 29.6 Å². The summed E-state index contributed by atoms with van der Waals surface area (Å²) in [6.07, 6.45) is 1.26. The zero-order chi connectivity index (χ0) is 17.5. The zero-order valence-corrected chi connectivity index (χ0v) is 13.9. The number of carbonyl (C=O) groups is 3. The van der Waals surface area contributed by atoms with Crippen molar-refractivity contribution in [1.82, 2.24) is 4.90 Å². The first-order chi connectivity index (χ1) is 11.5. The van der Waals surface area contributed by atoms with Crippen LogP contribution in [0.1, 0.15) is 17.3 Å². The summed E-state index contributed by atoms with van der Waals surface area (Å²) in [6, 6.07) is 5.66. The SMILES string of the molecule is CCOC(=O)/C=C1\SCC(=O)N1CCOC(=O)c1ccc(O)cc1. The van der Waals surface area contributed by atoms with E-state index >= 15 is 0 Å². The maximum Gasteiger partial charge on any atom is 0.338 e. The van der Waals surface area contributed by atoms with Crippen LogP contribution in [0, 0.1) is 0 Å². The van der Waals surface area contributed by atoms with Crippen LogP contribution in [0.3, 0.4) is 0 Å². The van der Waals surface area contributed by atoms with Gasteiger partial charge in [-0.15, -0.1) is 0 Å². The highest BCUT2D eigenvalue weighted by Gasteiger charge is 2.27.